The average Bonchev–Trinajstić information content (AvgIpc) is 4.07. The van der Waals surface area contributed by atoms with Crippen LogP contribution < -0.4 is 0 Å². The Labute approximate surface area is 399 Å². The van der Waals surface area contributed by atoms with Crippen LogP contribution in [0.15, 0.2) is 261 Å². The minimum absolute atomic E-state index is 1.14. The van der Waals surface area contributed by atoms with Gasteiger partial charge in [-0.1, -0.05) is 182 Å². The van der Waals surface area contributed by atoms with Crippen LogP contribution in [0, 0.1) is 0 Å². The molecule has 0 fully saturated rings. The molecule has 0 aliphatic rings. The number of aromatic nitrogens is 3. The number of para-hydroxylation sites is 6. The number of hydrogen-bond acceptors (Lipinski definition) is 0. The molecule has 322 valence electrons. The second-order valence-corrected chi connectivity index (χ2v) is 18.1. The van der Waals surface area contributed by atoms with Gasteiger partial charge in [-0.05, 0) is 118 Å². The second kappa shape index (κ2) is 15.7. The first-order valence-electron chi connectivity index (χ1n) is 23.8. The van der Waals surface area contributed by atoms with Crippen molar-refractivity contribution in [2.45, 2.75) is 0 Å². The molecule has 3 heteroatoms. The van der Waals surface area contributed by atoms with E-state index in [1.807, 2.05) is 0 Å². The molecule has 3 aromatic heterocycles. The Morgan fingerprint density at radius 2 is 0.522 bits per heavy atom. The molecule has 14 aromatic rings. The summed E-state index contributed by atoms with van der Waals surface area (Å²) >= 11 is 0. The van der Waals surface area contributed by atoms with E-state index in [1.54, 1.807) is 0 Å². The minimum atomic E-state index is 1.14. The zero-order valence-electron chi connectivity index (χ0n) is 37.7. The standard InChI is InChI=1S/C66H43N3/c1-4-16-51(17-5-1)67-61-25-13-10-22-54(61)57-38-36-48(42-64(57)67)44-28-30-46(31-29-44)50-40-59(66-60(41-50)56-24-12-15-27-63(56)69(66)53-20-8-3-9-21-53)47-34-32-45(33-35-47)49-37-39-58-55-23-11-14-26-62(55)68(65(58)43-49)52-18-6-2-7-19-52/h1-43H. The van der Waals surface area contributed by atoms with Gasteiger partial charge in [-0.3, -0.25) is 0 Å². The molecular formula is C66H43N3. The molecule has 0 N–H and O–H groups in total. The van der Waals surface area contributed by atoms with Crippen molar-refractivity contribution in [1.29, 1.82) is 0 Å². The molecule has 0 radical (unpaired) electrons. The fourth-order valence-corrected chi connectivity index (χ4v) is 11.0. The van der Waals surface area contributed by atoms with Gasteiger partial charge in [0.05, 0.1) is 33.1 Å². The molecule has 0 spiro atoms. The lowest BCUT2D eigenvalue weighted by molar-refractivity contribution is 1.18. The Morgan fingerprint density at radius 1 is 0.188 bits per heavy atom. The van der Waals surface area contributed by atoms with E-state index in [1.165, 1.54) is 110 Å². The van der Waals surface area contributed by atoms with Gasteiger partial charge in [0.25, 0.3) is 0 Å². The average molecular weight is 878 g/mol. The predicted octanol–water partition coefficient (Wildman–Crippen LogP) is 17.6. The normalized spacial score (nSPS) is 11.8. The molecule has 3 heterocycles. The molecule has 0 bridgehead atoms. The van der Waals surface area contributed by atoms with E-state index in [0.29, 0.717) is 0 Å². The van der Waals surface area contributed by atoms with Crippen LogP contribution in [0.1, 0.15) is 0 Å². The molecule has 11 aromatic carbocycles. The van der Waals surface area contributed by atoms with Gasteiger partial charge in [0.15, 0.2) is 0 Å². The van der Waals surface area contributed by atoms with Crippen LogP contribution >= 0.6 is 0 Å². The Balaban J connectivity index is 0.903. The van der Waals surface area contributed by atoms with Gasteiger partial charge in [0.2, 0.25) is 0 Å². The number of benzene rings is 11. The Bertz CT molecular complexity index is 4250. The van der Waals surface area contributed by atoms with Crippen LogP contribution in [0.25, 0.3) is 127 Å². The third kappa shape index (κ3) is 6.29. The van der Waals surface area contributed by atoms with Crippen molar-refractivity contribution < 1.29 is 0 Å². The van der Waals surface area contributed by atoms with Gasteiger partial charge in [0, 0.05) is 54.9 Å². The first kappa shape index (κ1) is 39.0. The zero-order valence-corrected chi connectivity index (χ0v) is 37.7. The van der Waals surface area contributed by atoms with Crippen molar-refractivity contribution >= 4 is 65.4 Å². The highest BCUT2D eigenvalue weighted by atomic mass is 15.0. The molecule has 14 rings (SSSR count). The van der Waals surface area contributed by atoms with Gasteiger partial charge in [-0.25, -0.2) is 0 Å². The van der Waals surface area contributed by atoms with Gasteiger partial charge in [0.1, 0.15) is 0 Å². The van der Waals surface area contributed by atoms with E-state index in [2.05, 4.69) is 275 Å². The van der Waals surface area contributed by atoms with E-state index in [0.717, 1.165) is 17.1 Å². The summed E-state index contributed by atoms with van der Waals surface area (Å²) in [6.45, 7) is 0. The van der Waals surface area contributed by atoms with Crippen molar-refractivity contribution in [2.75, 3.05) is 0 Å². The highest BCUT2D eigenvalue weighted by Gasteiger charge is 2.20. The smallest absolute Gasteiger partial charge is 0.0619 e. The maximum atomic E-state index is 2.45. The van der Waals surface area contributed by atoms with Crippen molar-refractivity contribution in [2.24, 2.45) is 0 Å². The molecule has 0 saturated heterocycles. The highest BCUT2D eigenvalue weighted by Crippen LogP contribution is 2.43. The molecule has 3 nitrogen and oxygen atoms in total. The van der Waals surface area contributed by atoms with Crippen LogP contribution in [0.4, 0.5) is 0 Å². The van der Waals surface area contributed by atoms with Crippen molar-refractivity contribution in [3.8, 4) is 61.6 Å². The van der Waals surface area contributed by atoms with E-state index in [9.17, 15) is 0 Å². The monoisotopic (exact) mass is 877 g/mol. The number of hydrogen-bond donors (Lipinski definition) is 0. The van der Waals surface area contributed by atoms with E-state index >= 15 is 0 Å². The summed E-state index contributed by atoms with van der Waals surface area (Å²) in [7, 11) is 0. The molecule has 69 heavy (non-hydrogen) atoms. The minimum Gasteiger partial charge on any atom is -0.309 e. The Kier molecular flexibility index (Phi) is 8.90. The summed E-state index contributed by atoms with van der Waals surface area (Å²) in [6, 6.07) is 95.5. The third-order valence-corrected chi connectivity index (χ3v) is 14.2. The summed E-state index contributed by atoms with van der Waals surface area (Å²) in [5.41, 5.74) is 20.2. The van der Waals surface area contributed by atoms with Gasteiger partial charge in [-0.2, -0.15) is 0 Å². The van der Waals surface area contributed by atoms with Crippen LogP contribution in [0.3, 0.4) is 0 Å². The van der Waals surface area contributed by atoms with E-state index in [4.69, 9.17) is 0 Å². The van der Waals surface area contributed by atoms with Crippen LogP contribution in [-0.2, 0) is 0 Å². The zero-order chi connectivity index (χ0) is 45.4. The summed E-state index contributed by atoms with van der Waals surface area (Å²) in [5.74, 6) is 0. The quantitative estimate of drug-likeness (QED) is 0.152. The predicted molar refractivity (Wildman–Crippen MR) is 291 cm³/mol. The molecule has 0 amide bonds. The molecule has 0 atom stereocenters. The van der Waals surface area contributed by atoms with Gasteiger partial charge in [-0.15, -0.1) is 0 Å². The van der Waals surface area contributed by atoms with Crippen molar-refractivity contribution in [1.82, 2.24) is 13.7 Å². The van der Waals surface area contributed by atoms with E-state index < -0.39 is 0 Å². The van der Waals surface area contributed by atoms with Crippen LogP contribution in [-0.4, -0.2) is 13.7 Å². The first-order valence-corrected chi connectivity index (χ1v) is 23.8. The number of rotatable bonds is 7. The molecule has 0 saturated carbocycles. The summed E-state index contributed by atoms with van der Waals surface area (Å²) in [6.07, 6.45) is 0. The Morgan fingerprint density at radius 3 is 0.986 bits per heavy atom. The van der Waals surface area contributed by atoms with Gasteiger partial charge >= 0.3 is 0 Å². The molecule has 0 unspecified atom stereocenters. The fraction of sp³-hybridized carbons (Fsp3) is 0. The van der Waals surface area contributed by atoms with Crippen LogP contribution in [0.5, 0.6) is 0 Å². The molecule has 0 aliphatic heterocycles. The summed E-state index contributed by atoms with van der Waals surface area (Å²) in [5, 5.41) is 7.49. The van der Waals surface area contributed by atoms with Gasteiger partial charge < -0.3 is 13.7 Å². The second-order valence-electron chi connectivity index (χ2n) is 18.1. The fourth-order valence-electron chi connectivity index (χ4n) is 11.0. The lowest BCUT2D eigenvalue weighted by atomic mass is 9.93. The maximum Gasteiger partial charge on any atom is 0.0619 e. The summed E-state index contributed by atoms with van der Waals surface area (Å²) < 4.78 is 7.23. The first-order chi connectivity index (χ1) is 34.2. The van der Waals surface area contributed by atoms with Crippen molar-refractivity contribution in [3.05, 3.63) is 261 Å². The van der Waals surface area contributed by atoms with Crippen molar-refractivity contribution in [3.63, 3.8) is 0 Å². The topological polar surface area (TPSA) is 14.8 Å². The largest absolute Gasteiger partial charge is 0.309 e. The lowest BCUT2D eigenvalue weighted by Crippen LogP contribution is -1.96. The highest BCUT2D eigenvalue weighted by molar-refractivity contribution is 6.16. The lowest BCUT2D eigenvalue weighted by Gasteiger charge is -2.15. The molecular weight excluding hydrogens is 835 g/mol. The van der Waals surface area contributed by atoms with E-state index in [-0.39, 0.29) is 0 Å². The number of fused-ring (bicyclic) bond motifs is 9. The SMILES string of the molecule is c1ccc(-n2c3ccccc3c3ccc(-c4ccc(-c5cc(-c6ccc(-c7ccc8c9ccccc9n(-c9ccccc9)c8c7)cc6)c6c(c5)c5ccccc5n6-c5ccccc5)cc4)cc32)cc1. The maximum absolute atomic E-state index is 2.45. The summed E-state index contributed by atoms with van der Waals surface area (Å²) in [4.78, 5) is 0. The Hall–Kier alpha value is -9.18. The van der Waals surface area contributed by atoms with Crippen LogP contribution in [0.2, 0.25) is 0 Å². The third-order valence-electron chi connectivity index (χ3n) is 14.2. The number of nitrogens with zero attached hydrogens (tertiary/aromatic N) is 3. The molecule has 0 aliphatic carbocycles.